The number of phenols is 2. The number of phenolic OH excluding ortho intramolecular Hbond substituents is 2. The van der Waals surface area contributed by atoms with E-state index in [1.165, 1.54) is 18.2 Å². The highest BCUT2D eigenvalue weighted by molar-refractivity contribution is 5.98. The molecule has 2 rings (SSSR count). The molecule has 0 atom stereocenters. The average Bonchev–Trinajstić information content (AvgIpc) is 2.94. The highest BCUT2D eigenvalue weighted by Crippen LogP contribution is 2.26. The van der Waals surface area contributed by atoms with Crippen LogP contribution >= 0.6 is 0 Å². The Balaban J connectivity index is 2.09. The summed E-state index contributed by atoms with van der Waals surface area (Å²) in [7, 11) is 0. The van der Waals surface area contributed by atoms with E-state index < -0.39 is 5.91 Å². The van der Waals surface area contributed by atoms with Crippen LogP contribution < -0.4 is 5.73 Å². The van der Waals surface area contributed by atoms with Crippen molar-refractivity contribution in [3.05, 3.63) is 23.8 Å². The Morgan fingerprint density at radius 2 is 1.81 bits per heavy atom. The maximum atomic E-state index is 12.3. The van der Waals surface area contributed by atoms with Crippen molar-refractivity contribution in [2.24, 2.45) is 5.73 Å². The van der Waals surface area contributed by atoms with Gasteiger partial charge < -0.3 is 15.9 Å². The Morgan fingerprint density at radius 3 is 2.38 bits per heavy atom. The van der Waals surface area contributed by atoms with Gasteiger partial charge in [-0.25, -0.2) is 0 Å². The SMILES string of the molecule is NC(=O)CN(CC(=O)c1ccc(O)c(O)c1)C1CCCC1. The Morgan fingerprint density at radius 1 is 1.14 bits per heavy atom. The zero-order valence-corrected chi connectivity index (χ0v) is 11.8. The summed E-state index contributed by atoms with van der Waals surface area (Å²) in [6, 6.07) is 4.16. The summed E-state index contributed by atoms with van der Waals surface area (Å²) < 4.78 is 0. The first-order chi connectivity index (χ1) is 9.97. The fourth-order valence-corrected chi connectivity index (χ4v) is 2.76. The van der Waals surface area contributed by atoms with E-state index in [0.29, 0.717) is 5.56 Å². The van der Waals surface area contributed by atoms with Crippen molar-refractivity contribution in [1.29, 1.82) is 0 Å². The Kier molecular flexibility index (Phi) is 4.80. The molecule has 4 N–H and O–H groups in total. The monoisotopic (exact) mass is 292 g/mol. The number of benzene rings is 1. The molecule has 0 heterocycles. The van der Waals surface area contributed by atoms with Gasteiger partial charge in [-0.2, -0.15) is 0 Å². The average molecular weight is 292 g/mol. The first-order valence-electron chi connectivity index (χ1n) is 7.05. The molecule has 1 aliphatic carbocycles. The largest absolute Gasteiger partial charge is 0.504 e. The first-order valence-corrected chi connectivity index (χ1v) is 7.05. The summed E-state index contributed by atoms with van der Waals surface area (Å²) in [5.41, 5.74) is 5.56. The summed E-state index contributed by atoms with van der Waals surface area (Å²) in [6.07, 6.45) is 4.10. The molecule has 6 heteroatoms. The molecule has 114 valence electrons. The summed E-state index contributed by atoms with van der Waals surface area (Å²) >= 11 is 0. The van der Waals surface area contributed by atoms with Crippen LogP contribution in [0.4, 0.5) is 0 Å². The van der Waals surface area contributed by atoms with Crippen molar-refractivity contribution in [1.82, 2.24) is 4.90 Å². The lowest BCUT2D eigenvalue weighted by Crippen LogP contribution is -2.43. The van der Waals surface area contributed by atoms with Crippen LogP contribution in [0.3, 0.4) is 0 Å². The molecule has 21 heavy (non-hydrogen) atoms. The topological polar surface area (TPSA) is 104 Å². The van der Waals surface area contributed by atoms with Crippen molar-refractivity contribution >= 4 is 11.7 Å². The van der Waals surface area contributed by atoms with E-state index in [9.17, 15) is 19.8 Å². The number of amides is 1. The predicted molar refractivity (Wildman–Crippen MR) is 77.1 cm³/mol. The lowest BCUT2D eigenvalue weighted by molar-refractivity contribution is -0.119. The van der Waals surface area contributed by atoms with Gasteiger partial charge in [0, 0.05) is 11.6 Å². The number of ketones is 1. The van der Waals surface area contributed by atoms with Crippen molar-refractivity contribution in [2.45, 2.75) is 31.7 Å². The van der Waals surface area contributed by atoms with Gasteiger partial charge in [0.05, 0.1) is 13.1 Å². The highest BCUT2D eigenvalue weighted by atomic mass is 16.3. The molecule has 1 aromatic carbocycles. The van der Waals surface area contributed by atoms with Crippen LogP contribution in [0.5, 0.6) is 11.5 Å². The van der Waals surface area contributed by atoms with E-state index >= 15 is 0 Å². The third-order valence-corrected chi connectivity index (χ3v) is 3.84. The van der Waals surface area contributed by atoms with Crippen LogP contribution in [-0.4, -0.2) is 45.9 Å². The second-order valence-corrected chi connectivity index (χ2v) is 5.44. The van der Waals surface area contributed by atoms with E-state index in [4.69, 9.17) is 5.73 Å². The van der Waals surface area contributed by atoms with Gasteiger partial charge in [0.25, 0.3) is 0 Å². The van der Waals surface area contributed by atoms with E-state index in [-0.39, 0.29) is 36.4 Å². The van der Waals surface area contributed by atoms with E-state index in [1.54, 1.807) is 0 Å². The summed E-state index contributed by atoms with van der Waals surface area (Å²) in [5, 5.41) is 18.7. The number of hydrogen-bond donors (Lipinski definition) is 3. The molecular formula is C15H20N2O4. The van der Waals surface area contributed by atoms with Crippen LogP contribution in [0, 0.1) is 0 Å². The van der Waals surface area contributed by atoms with Crippen molar-refractivity contribution < 1.29 is 19.8 Å². The number of carbonyl (C=O) groups is 2. The fraction of sp³-hybridized carbons (Fsp3) is 0.467. The van der Waals surface area contributed by atoms with E-state index in [2.05, 4.69) is 0 Å². The van der Waals surface area contributed by atoms with Gasteiger partial charge in [0.2, 0.25) is 5.91 Å². The number of nitrogens with two attached hydrogens (primary N) is 1. The van der Waals surface area contributed by atoms with Gasteiger partial charge in [-0.1, -0.05) is 12.8 Å². The van der Waals surface area contributed by atoms with Gasteiger partial charge in [0.15, 0.2) is 17.3 Å². The standard InChI is InChI=1S/C15H20N2O4/c16-15(21)9-17(11-3-1-2-4-11)8-14(20)10-5-6-12(18)13(19)7-10/h5-7,11,18-19H,1-4,8-9H2,(H2,16,21). The van der Waals surface area contributed by atoms with Crippen molar-refractivity contribution in [3.8, 4) is 11.5 Å². The van der Waals surface area contributed by atoms with E-state index in [1.807, 2.05) is 4.90 Å². The molecule has 1 saturated carbocycles. The Hall–Kier alpha value is -2.08. The lowest BCUT2D eigenvalue weighted by Gasteiger charge is -2.26. The molecule has 1 fully saturated rings. The molecule has 0 unspecified atom stereocenters. The Bertz CT molecular complexity index is 538. The number of carbonyl (C=O) groups excluding carboxylic acids is 2. The second kappa shape index (κ2) is 6.58. The zero-order valence-electron chi connectivity index (χ0n) is 11.8. The zero-order chi connectivity index (χ0) is 15.4. The molecule has 1 aromatic rings. The smallest absolute Gasteiger partial charge is 0.231 e. The van der Waals surface area contributed by atoms with E-state index in [0.717, 1.165) is 25.7 Å². The number of hydrogen-bond acceptors (Lipinski definition) is 5. The number of rotatable bonds is 6. The summed E-state index contributed by atoms with van der Waals surface area (Å²) in [4.78, 5) is 25.3. The van der Waals surface area contributed by atoms with Gasteiger partial charge in [-0.05, 0) is 31.0 Å². The van der Waals surface area contributed by atoms with Gasteiger partial charge in [0.1, 0.15) is 0 Å². The number of primary amides is 1. The minimum absolute atomic E-state index is 0.0560. The summed E-state index contributed by atoms with van der Waals surface area (Å²) in [5.74, 6) is -1.26. The molecule has 1 aliphatic rings. The molecule has 0 saturated heterocycles. The first kappa shape index (κ1) is 15.3. The maximum Gasteiger partial charge on any atom is 0.231 e. The molecule has 0 bridgehead atoms. The molecule has 0 spiro atoms. The maximum absolute atomic E-state index is 12.3. The minimum atomic E-state index is -0.455. The number of Topliss-reactive ketones (excluding diaryl/α,β-unsaturated/α-hetero) is 1. The predicted octanol–water partition coefficient (Wildman–Crippen LogP) is 1.01. The molecule has 6 nitrogen and oxygen atoms in total. The minimum Gasteiger partial charge on any atom is -0.504 e. The third-order valence-electron chi connectivity index (χ3n) is 3.84. The normalized spacial score (nSPS) is 15.5. The highest BCUT2D eigenvalue weighted by Gasteiger charge is 2.26. The van der Waals surface area contributed by atoms with Crippen LogP contribution in [-0.2, 0) is 4.79 Å². The lowest BCUT2D eigenvalue weighted by atomic mass is 10.1. The van der Waals surface area contributed by atoms with Crippen LogP contribution in [0.1, 0.15) is 36.0 Å². The van der Waals surface area contributed by atoms with Crippen LogP contribution in [0.15, 0.2) is 18.2 Å². The van der Waals surface area contributed by atoms with Crippen LogP contribution in [0.25, 0.3) is 0 Å². The van der Waals surface area contributed by atoms with Crippen LogP contribution in [0.2, 0.25) is 0 Å². The molecule has 0 radical (unpaired) electrons. The fourth-order valence-electron chi connectivity index (χ4n) is 2.76. The van der Waals surface area contributed by atoms with Gasteiger partial charge in [-0.3, -0.25) is 14.5 Å². The number of nitrogens with zero attached hydrogens (tertiary/aromatic N) is 1. The molecule has 0 aliphatic heterocycles. The quantitative estimate of drug-likeness (QED) is 0.536. The van der Waals surface area contributed by atoms with Crippen molar-refractivity contribution in [3.63, 3.8) is 0 Å². The van der Waals surface area contributed by atoms with Gasteiger partial charge >= 0.3 is 0 Å². The summed E-state index contributed by atoms with van der Waals surface area (Å²) in [6.45, 7) is 0.137. The molecular weight excluding hydrogens is 272 g/mol. The second-order valence-electron chi connectivity index (χ2n) is 5.44. The molecule has 0 aromatic heterocycles. The third kappa shape index (κ3) is 3.95. The Labute approximate surface area is 123 Å². The van der Waals surface area contributed by atoms with Gasteiger partial charge in [-0.15, -0.1) is 0 Å². The molecule has 1 amide bonds. The number of aromatic hydroxyl groups is 2. The van der Waals surface area contributed by atoms with Crippen molar-refractivity contribution in [2.75, 3.05) is 13.1 Å².